The van der Waals surface area contributed by atoms with E-state index in [9.17, 15) is 0 Å². The molecule has 0 amide bonds. The lowest BCUT2D eigenvalue weighted by Crippen LogP contribution is -2.42. The third-order valence-corrected chi connectivity index (χ3v) is 4.73. The Kier molecular flexibility index (Phi) is 4.19. The fraction of sp³-hybridized carbons (Fsp3) is 0.647. The van der Waals surface area contributed by atoms with Crippen molar-refractivity contribution in [2.75, 3.05) is 32.7 Å². The molecule has 1 saturated heterocycles. The molecule has 104 valence electrons. The molecule has 1 aliphatic carbocycles. The predicted octanol–water partition coefficient (Wildman–Crippen LogP) is 2.65. The van der Waals surface area contributed by atoms with E-state index >= 15 is 0 Å². The average Bonchev–Trinajstić information content (AvgIpc) is 2.43. The molecule has 1 aliphatic heterocycles. The van der Waals surface area contributed by atoms with E-state index in [-0.39, 0.29) is 0 Å². The molecule has 2 aliphatic rings. The number of fused-ring (bicyclic) bond motifs is 1. The fourth-order valence-electron chi connectivity index (χ4n) is 3.67. The van der Waals surface area contributed by atoms with Crippen LogP contribution in [0.3, 0.4) is 0 Å². The fourth-order valence-corrected chi connectivity index (χ4v) is 3.67. The van der Waals surface area contributed by atoms with Crippen LogP contribution in [-0.4, -0.2) is 37.6 Å². The van der Waals surface area contributed by atoms with Crippen molar-refractivity contribution in [3.63, 3.8) is 0 Å². The number of nitrogens with zero attached hydrogens (tertiary/aromatic N) is 1. The molecule has 1 heterocycles. The maximum Gasteiger partial charge on any atom is 0.00537 e. The lowest BCUT2D eigenvalue weighted by molar-refractivity contribution is 0.160. The molecule has 0 radical (unpaired) electrons. The van der Waals surface area contributed by atoms with E-state index in [1.54, 1.807) is 11.1 Å². The van der Waals surface area contributed by atoms with Crippen LogP contribution in [0.2, 0.25) is 0 Å². The molecular weight excluding hydrogens is 232 g/mol. The summed E-state index contributed by atoms with van der Waals surface area (Å²) in [6.07, 6.45) is 4.08. The molecule has 2 heteroatoms. The molecule has 0 saturated carbocycles. The van der Waals surface area contributed by atoms with Crippen molar-refractivity contribution in [2.24, 2.45) is 5.92 Å². The lowest BCUT2D eigenvalue weighted by atomic mass is 9.77. The first-order valence-electron chi connectivity index (χ1n) is 7.87. The van der Waals surface area contributed by atoms with Crippen molar-refractivity contribution in [3.8, 4) is 0 Å². The summed E-state index contributed by atoms with van der Waals surface area (Å²) in [4.78, 5) is 2.70. The summed E-state index contributed by atoms with van der Waals surface area (Å²) < 4.78 is 0. The lowest BCUT2D eigenvalue weighted by Gasteiger charge is -2.39. The van der Waals surface area contributed by atoms with E-state index in [0.29, 0.717) is 0 Å². The van der Waals surface area contributed by atoms with Gasteiger partial charge >= 0.3 is 0 Å². The number of rotatable bonds is 5. The first kappa shape index (κ1) is 13.1. The second-order valence-electron chi connectivity index (χ2n) is 6.18. The summed E-state index contributed by atoms with van der Waals surface area (Å²) in [5, 5.41) is 3.51. The quantitative estimate of drug-likeness (QED) is 0.873. The van der Waals surface area contributed by atoms with Crippen LogP contribution in [0.5, 0.6) is 0 Å². The zero-order valence-corrected chi connectivity index (χ0v) is 12.1. The smallest absolute Gasteiger partial charge is 0.00537 e. The van der Waals surface area contributed by atoms with Crippen LogP contribution in [0, 0.1) is 5.92 Å². The topological polar surface area (TPSA) is 15.3 Å². The maximum absolute atomic E-state index is 3.51. The summed E-state index contributed by atoms with van der Waals surface area (Å²) in [5.41, 5.74) is 3.19. The van der Waals surface area contributed by atoms with Gasteiger partial charge < -0.3 is 10.2 Å². The van der Waals surface area contributed by atoms with Crippen molar-refractivity contribution in [1.29, 1.82) is 0 Å². The molecule has 2 unspecified atom stereocenters. The van der Waals surface area contributed by atoms with Crippen LogP contribution in [0.15, 0.2) is 24.3 Å². The summed E-state index contributed by atoms with van der Waals surface area (Å²) >= 11 is 0. The van der Waals surface area contributed by atoms with Gasteiger partial charge in [0.25, 0.3) is 0 Å². The van der Waals surface area contributed by atoms with Crippen molar-refractivity contribution in [1.82, 2.24) is 10.2 Å². The Balaban J connectivity index is 1.51. The highest BCUT2D eigenvalue weighted by Crippen LogP contribution is 2.35. The van der Waals surface area contributed by atoms with Gasteiger partial charge in [0.15, 0.2) is 0 Å². The van der Waals surface area contributed by atoms with Crippen LogP contribution < -0.4 is 5.32 Å². The molecule has 0 aromatic heterocycles. The molecule has 2 atom stereocenters. The Labute approximate surface area is 117 Å². The van der Waals surface area contributed by atoms with Crippen LogP contribution in [0.25, 0.3) is 0 Å². The van der Waals surface area contributed by atoms with Crippen LogP contribution in [-0.2, 0) is 6.42 Å². The minimum Gasteiger partial charge on any atom is -0.317 e. The first-order chi connectivity index (χ1) is 9.36. The zero-order valence-electron chi connectivity index (χ0n) is 12.1. The van der Waals surface area contributed by atoms with Crippen LogP contribution in [0.1, 0.15) is 36.8 Å². The highest BCUT2D eigenvalue weighted by atomic mass is 15.1. The minimum atomic E-state index is 0.800. The number of likely N-dealkylation sites (tertiary alicyclic amines) is 1. The second-order valence-corrected chi connectivity index (χ2v) is 6.18. The minimum absolute atomic E-state index is 0.800. The molecule has 2 nitrogen and oxygen atoms in total. The molecule has 3 rings (SSSR count). The largest absolute Gasteiger partial charge is 0.317 e. The molecular formula is C17H26N2. The SMILES string of the molecule is CCNCC1CCCN(CC2Cc3ccccc32)C1. The Morgan fingerprint density at radius 3 is 3.05 bits per heavy atom. The Hall–Kier alpha value is -0.860. The number of piperidine rings is 1. The van der Waals surface area contributed by atoms with Crippen molar-refractivity contribution >= 4 is 0 Å². The van der Waals surface area contributed by atoms with E-state index in [1.807, 2.05) is 0 Å². The Morgan fingerprint density at radius 1 is 1.32 bits per heavy atom. The molecule has 19 heavy (non-hydrogen) atoms. The molecule has 1 fully saturated rings. The van der Waals surface area contributed by atoms with Crippen molar-refractivity contribution < 1.29 is 0 Å². The predicted molar refractivity (Wildman–Crippen MR) is 80.6 cm³/mol. The van der Waals surface area contributed by atoms with E-state index in [1.165, 1.54) is 45.4 Å². The number of benzene rings is 1. The van der Waals surface area contributed by atoms with Gasteiger partial charge in [0.1, 0.15) is 0 Å². The van der Waals surface area contributed by atoms with E-state index in [0.717, 1.165) is 18.4 Å². The third-order valence-electron chi connectivity index (χ3n) is 4.73. The van der Waals surface area contributed by atoms with Crippen molar-refractivity contribution in [3.05, 3.63) is 35.4 Å². The summed E-state index contributed by atoms with van der Waals surface area (Å²) in [5.74, 6) is 1.66. The first-order valence-corrected chi connectivity index (χ1v) is 7.87. The highest BCUT2D eigenvalue weighted by molar-refractivity contribution is 5.40. The summed E-state index contributed by atoms with van der Waals surface area (Å²) in [7, 11) is 0. The van der Waals surface area contributed by atoms with Gasteiger partial charge in [0.2, 0.25) is 0 Å². The van der Waals surface area contributed by atoms with Crippen LogP contribution >= 0.6 is 0 Å². The van der Waals surface area contributed by atoms with Gasteiger partial charge in [-0.25, -0.2) is 0 Å². The Bertz CT molecular complexity index is 415. The molecule has 0 bridgehead atoms. The van der Waals surface area contributed by atoms with Crippen LogP contribution in [0.4, 0.5) is 0 Å². The summed E-state index contributed by atoms with van der Waals surface area (Å²) in [6.45, 7) is 8.39. The maximum atomic E-state index is 3.51. The van der Waals surface area contributed by atoms with Gasteiger partial charge in [-0.1, -0.05) is 31.2 Å². The summed E-state index contributed by atoms with van der Waals surface area (Å²) in [6, 6.07) is 8.97. The van der Waals surface area contributed by atoms with Gasteiger partial charge in [0.05, 0.1) is 0 Å². The molecule has 1 aromatic carbocycles. The standard InChI is InChI=1S/C17H26N2/c1-2-18-11-14-6-5-9-19(12-14)13-16-10-15-7-3-4-8-17(15)16/h3-4,7-8,14,16,18H,2,5-6,9-13H2,1H3. The van der Waals surface area contributed by atoms with Gasteiger partial charge in [-0.2, -0.15) is 0 Å². The average molecular weight is 258 g/mol. The molecule has 1 N–H and O–H groups in total. The van der Waals surface area contributed by atoms with Gasteiger partial charge in [-0.05, 0) is 55.9 Å². The van der Waals surface area contributed by atoms with E-state index < -0.39 is 0 Å². The van der Waals surface area contributed by atoms with Gasteiger partial charge in [-0.3, -0.25) is 0 Å². The van der Waals surface area contributed by atoms with Gasteiger partial charge in [-0.15, -0.1) is 0 Å². The molecule has 1 aromatic rings. The number of hydrogen-bond donors (Lipinski definition) is 1. The molecule has 0 spiro atoms. The number of nitrogens with one attached hydrogen (secondary N) is 1. The number of hydrogen-bond acceptors (Lipinski definition) is 2. The van der Waals surface area contributed by atoms with Crippen molar-refractivity contribution in [2.45, 2.75) is 32.1 Å². The third kappa shape index (κ3) is 3.01. The van der Waals surface area contributed by atoms with E-state index in [2.05, 4.69) is 41.4 Å². The van der Waals surface area contributed by atoms with Gasteiger partial charge in [0, 0.05) is 19.0 Å². The van der Waals surface area contributed by atoms with E-state index in [4.69, 9.17) is 0 Å². The highest BCUT2D eigenvalue weighted by Gasteiger charge is 2.29. The zero-order chi connectivity index (χ0) is 13.1. The normalized spacial score (nSPS) is 26.8. The second kappa shape index (κ2) is 6.06. The monoisotopic (exact) mass is 258 g/mol. The Morgan fingerprint density at radius 2 is 2.21 bits per heavy atom.